The summed E-state index contributed by atoms with van der Waals surface area (Å²) in [5, 5.41) is 9.59. The zero-order chi connectivity index (χ0) is 23.2. The fraction of sp³-hybridized carbons (Fsp3) is 0.192. The maximum atomic E-state index is 13.3. The fourth-order valence-corrected chi connectivity index (χ4v) is 4.38. The number of hydrogen-bond acceptors (Lipinski definition) is 4. The van der Waals surface area contributed by atoms with E-state index in [1.165, 1.54) is 16.2 Å². The van der Waals surface area contributed by atoms with Crippen molar-refractivity contribution in [2.45, 2.75) is 19.9 Å². The average molecular weight is 459 g/mol. The van der Waals surface area contributed by atoms with Gasteiger partial charge in [0.1, 0.15) is 5.69 Å². The van der Waals surface area contributed by atoms with Gasteiger partial charge in [-0.1, -0.05) is 61.5 Å². The molecule has 2 heterocycles. The second kappa shape index (κ2) is 10.3. The number of aryl methyl sites for hydroxylation is 1. The highest BCUT2D eigenvalue weighted by molar-refractivity contribution is 7.13. The van der Waals surface area contributed by atoms with E-state index < -0.39 is 0 Å². The van der Waals surface area contributed by atoms with Crippen molar-refractivity contribution in [1.82, 2.24) is 14.7 Å². The number of nitrogens with one attached hydrogen (secondary N) is 1. The second-order valence-corrected chi connectivity index (χ2v) is 8.72. The summed E-state index contributed by atoms with van der Waals surface area (Å²) in [6.07, 6.45) is 2.58. The van der Waals surface area contributed by atoms with Crippen LogP contribution in [-0.2, 0) is 17.8 Å². The molecule has 0 spiro atoms. The third-order valence-electron chi connectivity index (χ3n) is 5.33. The number of aromatic nitrogens is 2. The molecule has 0 aliphatic rings. The van der Waals surface area contributed by atoms with Gasteiger partial charge >= 0.3 is 0 Å². The lowest BCUT2D eigenvalue weighted by molar-refractivity contribution is -0.116. The monoisotopic (exact) mass is 458 g/mol. The van der Waals surface area contributed by atoms with Gasteiger partial charge in [0.05, 0.1) is 23.5 Å². The van der Waals surface area contributed by atoms with Crippen LogP contribution < -0.4 is 5.32 Å². The highest BCUT2D eigenvalue weighted by Crippen LogP contribution is 2.28. The Morgan fingerprint density at radius 1 is 1.03 bits per heavy atom. The summed E-state index contributed by atoms with van der Waals surface area (Å²) >= 11 is 1.53. The lowest BCUT2D eigenvalue weighted by atomic mass is 10.1. The number of carbonyl (C=O) groups is 2. The van der Waals surface area contributed by atoms with E-state index in [2.05, 4.69) is 5.32 Å². The lowest BCUT2D eigenvalue weighted by Crippen LogP contribution is -2.35. The van der Waals surface area contributed by atoms with Gasteiger partial charge in [-0.2, -0.15) is 5.10 Å². The molecule has 0 radical (unpaired) electrons. The maximum Gasteiger partial charge on any atom is 0.257 e. The van der Waals surface area contributed by atoms with Crippen molar-refractivity contribution in [3.8, 4) is 10.6 Å². The van der Waals surface area contributed by atoms with E-state index in [-0.39, 0.29) is 18.4 Å². The molecule has 0 aliphatic carbocycles. The first-order valence-corrected chi connectivity index (χ1v) is 11.7. The number of rotatable bonds is 8. The number of carbonyl (C=O) groups excluding carboxylic acids is 2. The van der Waals surface area contributed by atoms with Crippen LogP contribution in [0.3, 0.4) is 0 Å². The first-order chi connectivity index (χ1) is 16.0. The topological polar surface area (TPSA) is 67.2 Å². The zero-order valence-electron chi connectivity index (χ0n) is 18.7. The summed E-state index contributed by atoms with van der Waals surface area (Å²) in [6.45, 7) is 2.55. The molecule has 2 aromatic carbocycles. The Balaban J connectivity index is 1.53. The van der Waals surface area contributed by atoms with Crippen LogP contribution in [-0.4, -0.2) is 40.1 Å². The Bertz CT molecular complexity index is 1230. The van der Waals surface area contributed by atoms with Gasteiger partial charge in [0.2, 0.25) is 5.91 Å². The molecule has 7 heteroatoms. The average Bonchev–Trinajstić information content (AvgIpc) is 3.49. The van der Waals surface area contributed by atoms with Gasteiger partial charge in [-0.3, -0.25) is 14.3 Å². The summed E-state index contributed by atoms with van der Waals surface area (Å²) in [6, 6.07) is 21.6. The molecule has 2 aromatic heterocycles. The van der Waals surface area contributed by atoms with E-state index >= 15 is 0 Å². The number of para-hydroxylation sites is 1. The number of likely N-dealkylation sites (N-methyl/N-ethyl adjacent to an activating group) is 1. The largest absolute Gasteiger partial charge is 0.332 e. The van der Waals surface area contributed by atoms with Crippen LogP contribution >= 0.6 is 11.3 Å². The van der Waals surface area contributed by atoms with Gasteiger partial charge in [-0.05, 0) is 35.1 Å². The Morgan fingerprint density at radius 3 is 2.52 bits per heavy atom. The Morgan fingerprint density at radius 2 is 1.79 bits per heavy atom. The minimum absolute atomic E-state index is 0.0510. The maximum absolute atomic E-state index is 13.3. The summed E-state index contributed by atoms with van der Waals surface area (Å²) in [4.78, 5) is 28.3. The lowest BCUT2D eigenvalue weighted by Gasteiger charge is -2.17. The van der Waals surface area contributed by atoms with Crippen LogP contribution in [0.15, 0.2) is 78.3 Å². The van der Waals surface area contributed by atoms with Gasteiger partial charge in [0, 0.05) is 18.9 Å². The molecule has 0 aliphatic heterocycles. The number of hydrogen-bond donors (Lipinski definition) is 1. The fourth-order valence-electron chi connectivity index (χ4n) is 3.66. The molecule has 0 atom stereocenters. The molecule has 0 bridgehead atoms. The molecule has 0 fully saturated rings. The van der Waals surface area contributed by atoms with Crippen LogP contribution in [0.1, 0.15) is 28.4 Å². The Kier molecular flexibility index (Phi) is 7.00. The highest BCUT2D eigenvalue weighted by atomic mass is 32.1. The summed E-state index contributed by atoms with van der Waals surface area (Å²) in [5.41, 5.74) is 4.05. The number of thiophene rings is 1. The van der Waals surface area contributed by atoms with Crippen LogP contribution in [0.5, 0.6) is 0 Å². The quantitative estimate of drug-likeness (QED) is 0.407. The van der Waals surface area contributed by atoms with Crippen molar-refractivity contribution in [3.63, 3.8) is 0 Å². The van der Waals surface area contributed by atoms with Crippen molar-refractivity contribution < 1.29 is 9.59 Å². The van der Waals surface area contributed by atoms with Gasteiger partial charge in [-0.15, -0.1) is 11.3 Å². The van der Waals surface area contributed by atoms with Crippen molar-refractivity contribution in [1.29, 1.82) is 0 Å². The standard InChI is InChI=1S/C26H26N4O2S/c1-3-20-12-7-8-13-22(20)27-24(31)18-29(2)26(32)21-17-30(16-19-10-5-4-6-11-19)28-25(21)23-14-9-15-33-23/h4-15,17H,3,16,18H2,1-2H3,(H,27,31). The summed E-state index contributed by atoms with van der Waals surface area (Å²) in [5.74, 6) is -0.474. The predicted molar refractivity (Wildman–Crippen MR) is 132 cm³/mol. The molecule has 33 heavy (non-hydrogen) atoms. The van der Waals surface area contributed by atoms with Crippen LogP contribution in [0.4, 0.5) is 5.69 Å². The van der Waals surface area contributed by atoms with Gasteiger partial charge in [0.25, 0.3) is 5.91 Å². The Labute approximate surface area is 197 Å². The summed E-state index contributed by atoms with van der Waals surface area (Å²) in [7, 11) is 1.64. The third-order valence-corrected chi connectivity index (χ3v) is 6.21. The highest BCUT2D eigenvalue weighted by Gasteiger charge is 2.23. The third kappa shape index (κ3) is 5.38. The molecular weight excluding hydrogens is 432 g/mol. The van der Waals surface area contributed by atoms with Gasteiger partial charge in [0.15, 0.2) is 0 Å². The van der Waals surface area contributed by atoms with Crippen LogP contribution in [0.25, 0.3) is 10.6 Å². The SMILES string of the molecule is CCc1ccccc1NC(=O)CN(C)C(=O)c1cn(Cc2ccccc2)nc1-c1cccs1. The molecule has 0 saturated carbocycles. The zero-order valence-corrected chi connectivity index (χ0v) is 19.5. The minimum atomic E-state index is -0.239. The van der Waals surface area contributed by atoms with E-state index in [4.69, 9.17) is 5.10 Å². The number of anilines is 1. The van der Waals surface area contributed by atoms with E-state index in [0.29, 0.717) is 17.8 Å². The first kappa shape index (κ1) is 22.5. The van der Waals surface area contributed by atoms with Gasteiger partial charge < -0.3 is 10.2 Å². The molecule has 6 nitrogen and oxygen atoms in total. The van der Waals surface area contributed by atoms with E-state index in [1.54, 1.807) is 17.9 Å². The molecule has 4 rings (SSSR count). The number of nitrogens with zero attached hydrogens (tertiary/aromatic N) is 3. The number of amides is 2. The van der Waals surface area contributed by atoms with Crippen molar-refractivity contribution >= 4 is 28.8 Å². The molecule has 4 aromatic rings. The molecule has 168 valence electrons. The molecule has 2 amide bonds. The summed E-state index contributed by atoms with van der Waals surface area (Å²) < 4.78 is 1.78. The van der Waals surface area contributed by atoms with E-state index in [1.807, 2.05) is 79.0 Å². The number of benzene rings is 2. The predicted octanol–water partition coefficient (Wildman–Crippen LogP) is 4.93. The molecule has 1 N–H and O–H groups in total. The normalized spacial score (nSPS) is 10.7. The molecule has 0 unspecified atom stereocenters. The Hall–Kier alpha value is -3.71. The van der Waals surface area contributed by atoms with Crippen molar-refractivity contribution in [3.05, 3.63) is 95.0 Å². The smallest absolute Gasteiger partial charge is 0.257 e. The van der Waals surface area contributed by atoms with Crippen molar-refractivity contribution in [2.75, 3.05) is 18.9 Å². The minimum Gasteiger partial charge on any atom is -0.332 e. The first-order valence-electron chi connectivity index (χ1n) is 10.8. The second-order valence-electron chi connectivity index (χ2n) is 7.77. The molecular formula is C26H26N4O2S. The van der Waals surface area contributed by atoms with Crippen LogP contribution in [0.2, 0.25) is 0 Å². The van der Waals surface area contributed by atoms with Crippen LogP contribution in [0, 0.1) is 0 Å². The van der Waals surface area contributed by atoms with Crippen molar-refractivity contribution in [2.24, 2.45) is 0 Å². The molecule has 0 saturated heterocycles. The van der Waals surface area contributed by atoms with E-state index in [9.17, 15) is 9.59 Å². The van der Waals surface area contributed by atoms with Gasteiger partial charge in [-0.25, -0.2) is 0 Å². The van der Waals surface area contributed by atoms with E-state index in [0.717, 1.165) is 28.1 Å².